The number of carboxylic acid groups (broad SMARTS) is 1. The van der Waals surface area contributed by atoms with Crippen LogP contribution in [0.25, 0.3) is 0 Å². The second-order valence-electron chi connectivity index (χ2n) is 4.43. The lowest BCUT2D eigenvalue weighted by molar-refractivity contribution is -0.137. The summed E-state index contributed by atoms with van der Waals surface area (Å²) in [5, 5.41) is 11.8. The van der Waals surface area contributed by atoms with Crippen molar-refractivity contribution in [2.24, 2.45) is 0 Å². The minimum Gasteiger partial charge on any atom is -0.478 e. The lowest BCUT2D eigenvalue weighted by atomic mass is 10.1. The molecule has 0 atom stereocenters. The van der Waals surface area contributed by atoms with Gasteiger partial charge in [-0.25, -0.2) is 4.79 Å². The van der Waals surface area contributed by atoms with Gasteiger partial charge in [0.25, 0.3) is 0 Å². The number of aromatic carboxylic acids is 1. The molecule has 0 bridgehead atoms. The van der Waals surface area contributed by atoms with Gasteiger partial charge in [-0.2, -0.15) is 13.2 Å². The molecule has 0 saturated heterocycles. The Morgan fingerprint density at radius 1 is 1.10 bits per heavy atom. The summed E-state index contributed by atoms with van der Waals surface area (Å²) in [6.07, 6.45) is -4.35. The predicted molar refractivity (Wildman–Crippen MR) is 72.2 cm³/mol. The van der Waals surface area contributed by atoms with E-state index in [1.807, 2.05) is 0 Å². The Hall–Kier alpha value is -2.50. The number of carboxylic acids is 1. The molecule has 2 N–H and O–H groups in total. The van der Waals surface area contributed by atoms with Crippen LogP contribution in [0.3, 0.4) is 0 Å². The maximum absolute atomic E-state index is 12.4. The van der Waals surface area contributed by atoms with Crippen molar-refractivity contribution >= 4 is 11.7 Å². The Balaban J connectivity index is 2.03. The van der Waals surface area contributed by atoms with Crippen molar-refractivity contribution < 1.29 is 23.1 Å². The molecule has 0 fully saturated rings. The molecule has 0 unspecified atom stereocenters. The summed E-state index contributed by atoms with van der Waals surface area (Å²) in [6.45, 7) is 0.326. The second-order valence-corrected chi connectivity index (χ2v) is 4.43. The van der Waals surface area contributed by atoms with Crippen molar-refractivity contribution in [3.63, 3.8) is 0 Å². The third kappa shape index (κ3) is 3.98. The van der Waals surface area contributed by atoms with Crippen molar-refractivity contribution in [1.29, 1.82) is 0 Å². The number of carbonyl (C=O) groups is 1. The summed E-state index contributed by atoms with van der Waals surface area (Å²) >= 11 is 0. The summed E-state index contributed by atoms with van der Waals surface area (Å²) in [5.74, 6) is -1.02. The number of nitrogens with one attached hydrogen (secondary N) is 1. The lowest BCUT2D eigenvalue weighted by Gasteiger charge is -2.10. The van der Waals surface area contributed by atoms with Crippen LogP contribution >= 0.6 is 0 Å². The van der Waals surface area contributed by atoms with Crippen molar-refractivity contribution in [3.8, 4) is 0 Å². The van der Waals surface area contributed by atoms with Gasteiger partial charge in [-0.05, 0) is 42.0 Å². The average molecular weight is 295 g/mol. The van der Waals surface area contributed by atoms with Crippen LogP contribution in [0.4, 0.5) is 18.9 Å². The number of hydrogen-bond donors (Lipinski definition) is 2. The first-order chi connectivity index (χ1) is 9.86. The zero-order valence-electron chi connectivity index (χ0n) is 10.8. The van der Waals surface area contributed by atoms with Gasteiger partial charge in [0.05, 0.1) is 11.1 Å². The highest BCUT2D eigenvalue weighted by molar-refractivity contribution is 5.87. The molecule has 0 heterocycles. The monoisotopic (exact) mass is 295 g/mol. The highest BCUT2D eigenvalue weighted by atomic mass is 19.4. The molecule has 2 rings (SSSR count). The lowest BCUT2D eigenvalue weighted by Crippen LogP contribution is -2.05. The molecule has 2 aromatic rings. The fraction of sp³-hybridized carbons (Fsp3) is 0.133. The first-order valence-electron chi connectivity index (χ1n) is 6.09. The SMILES string of the molecule is O=C(O)c1cccc(CNc2ccc(C(F)(F)F)cc2)c1. The minimum absolute atomic E-state index is 0.168. The number of rotatable bonds is 4. The summed E-state index contributed by atoms with van der Waals surface area (Å²) in [4.78, 5) is 10.8. The molecule has 0 spiro atoms. The summed E-state index contributed by atoms with van der Waals surface area (Å²) < 4.78 is 37.2. The van der Waals surface area contributed by atoms with Crippen molar-refractivity contribution in [1.82, 2.24) is 0 Å². The molecule has 0 saturated carbocycles. The van der Waals surface area contributed by atoms with Crippen LogP contribution in [0.5, 0.6) is 0 Å². The normalized spacial score (nSPS) is 11.2. The van der Waals surface area contributed by atoms with Crippen LogP contribution in [0.1, 0.15) is 21.5 Å². The van der Waals surface area contributed by atoms with Crippen LogP contribution in [0, 0.1) is 0 Å². The Morgan fingerprint density at radius 3 is 2.33 bits per heavy atom. The van der Waals surface area contributed by atoms with E-state index in [1.54, 1.807) is 12.1 Å². The molecule has 110 valence electrons. The van der Waals surface area contributed by atoms with Crippen molar-refractivity contribution in [3.05, 3.63) is 65.2 Å². The first kappa shape index (κ1) is 14.9. The molecule has 3 nitrogen and oxygen atoms in total. The average Bonchev–Trinajstić information content (AvgIpc) is 2.45. The number of halogens is 3. The number of hydrogen-bond acceptors (Lipinski definition) is 2. The Morgan fingerprint density at radius 2 is 1.76 bits per heavy atom. The van der Waals surface area contributed by atoms with Crippen molar-refractivity contribution in [2.45, 2.75) is 12.7 Å². The van der Waals surface area contributed by atoms with Gasteiger partial charge in [0, 0.05) is 12.2 Å². The molecule has 0 amide bonds. The van der Waals surface area contributed by atoms with Crippen LogP contribution in [-0.2, 0) is 12.7 Å². The van der Waals surface area contributed by atoms with E-state index in [2.05, 4.69) is 5.32 Å². The third-order valence-corrected chi connectivity index (χ3v) is 2.88. The fourth-order valence-electron chi connectivity index (χ4n) is 1.80. The van der Waals surface area contributed by atoms with E-state index in [0.717, 1.165) is 17.7 Å². The van der Waals surface area contributed by atoms with E-state index in [9.17, 15) is 18.0 Å². The molecule has 2 aromatic carbocycles. The Bertz CT molecular complexity index is 636. The van der Waals surface area contributed by atoms with Gasteiger partial charge in [0.1, 0.15) is 0 Å². The second kappa shape index (κ2) is 5.87. The van der Waals surface area contributed by atoms with Gasteiger partial charge in [-0.3, -0.25) is 0 Å². The first-order valence-corrected chi connectivity index (χ1v) is 6.09. The van der Waals surface area contributed by atoms with Crippen LogP contribution in [-0.4, -0.2) is 11.1 Å². The number of benzene rings is 2. The molecule has 0 aromatic heterocycles. The van der Waals surface area contributed by atoms with E-state index < -0.39 is 17.7 Å². The molecular weight excluding hydrogens is 283 g/mol. The summed E-state index contributed by atoms with van der Waals surface area (Å²) in [6, 6.07) is 11.0. The summed E-state index contributed by atoms with van der Waals surface area (Å²) in [7, 11) is 0. The van der Waals surface area contributed by atoms with Crippen molar-refractivity contribution in [2.75, 3.05) is 5.32 Å². The molecule has 0 aliphatic heterocycles. The van der Waals surface area contributed by atoms with E-state index in [-0.39, 0.29) is 5.56 Å². The maximum Gasteiger partial charge on any atom is 0.416 e. The number of anilines is 1. The maximum atomic E-state index is 12.4. The van der Waals surface area contributed by atoms with E-state index >= 15 is 0 Å². The highest BCUT2D eigenvalue weighted by Gasteiger charge is 2.29. The number of alkyl halides is 3. The Labute approximate surface area is 119 Å². The van der Waals surface area contributed by atoms with E-state index in [1.165, 1.54) is 24.3 Å². The quantitative estimate of drug-likeness (QED) is 0.895. The minimum atomic E-state index is -4.35. The smallest absolute Gasteiger partial charge is 0.416 e. The fourth-order valence-corrected chi connectivity index (χ4v) is 1.80. The molecule has 21 heavy (non-hydrogen) atoms. The van der Waals surface area contributed by atoms with Gasteiger partial charge in [0.2, 0.25) is 0 Å². The van der Waals surface area contributed by atoms with Gasteiger partial charge in [0.15, 0.2) is 0 Å². The molecular formula is C15H12F3NO2. The van der Waals surface area contributed by atoms with E-state index in [0.29, 0.717) is 12.2 Å². The van der Waals surface area contributed by atoms with Gasteiger partial charge in [-0.1, -0.05) is 12.1 Å². The predicted octanol–water partition coefficient (Wildman–Crippen LogP) is 4.02. The van der Waals surface area contributed by atoms with Crippen LogP contribution in [0.2, 0.25) is 0 Å². The highest BCUT2D eigenvalue weighted by Crippen LogP contribution is 2.29. The van der Waals surface area contributed by atoms with Gasteiger partial charge < -0.3 is 10.4 Å². The van der Waals surface area contributed by atoms with Gasteiger partial charge in [-0.15, -0.1) is 0 Å². The van der Waals surface area contributed by atoms with Crippen LogP contribution in [0.15, 0.2) is 48.5 Å². The zero-order chi connectivity index (χ0) is 15.5. The topological polar surface area (TPSA) is 49.3 Å². The summed E-state index contributed by atoms with van der Waals surface area (Å²) in [5.41, 5.74) is 0.723. The molecule has 0 aliphatic carbocycles. The largest absolute Gasteiger partial charge is 0.478 e. The van der Waals surface area contributed by atoms with E-state index in [4.69, 9.17) is 5.11 Å². The standard InChI is InChI=1S/C15H12F3NO2/c16-15(17,18)12-4-6-13(7-5-12)19-9-10-2-1-3-11(8-10)14(20)21/h1-8,19H,9H2,(H,20,21). The molecule has 6 heteroatoms. The van der Waals surface area contributed by atoms with Gasteiger partial charge >= 0.3 is 12.1 Å². The molecule has 0 radical (unpaired) electrons. The Kier molecular flexibility index (Phi) is 4.16. The van der Waals surface area contributed by atoms with Crippen LogP contribution < -0.4 is 5.32 Å². The third-order valence-electron chi connectivity index (χ3n) is 2.88. The zero-order valence-corrected chi connectivity index (χ0v) is 10.8. The molecule has 0 aliphatic rings.